The molecule has 145 heavy (non-hydrogen) atoms. The highest BCUT2D eigenvalue weighted by Crippen LogP contribution is 2.25. The summed E-state index contributed by atoms with van der Waals surface area (Å²) in [6.45, 7) is 33.4. The maximum atomic E-state index is 13.2. The van der Waals surface area contributed by atoms with Gasteiger partial charge in [-0.3, -0.25) is 43.2 Å². The van der Waals surface area contributed by atoms with Gasteiger partial charge < -0.3 is 57.8 Å². The molecule has 0 bridgehead atoms. The van der Waals surface area contributed by atoms with E-state index in [2.05, 4.69) is 109 Å². The first kappa shape index (κ1) is 144. The van der Waals surface area contributed by atoms with Crippen molar-refractivity contribution in [2.24, 2.45) is 0 Å². The Morgan fingerprint density at radius 3 is 0.683 bits per heavy atom. The Bertz CT molecular complexity index is 2970. The third kappa shape index (κ3) is 106. The molecule has 852 valence electrons. The number of amides is 3. The molecule has 0 rings (SSSR count). The SMILES string of the molecule is CCCCCC/C=C\COC(=O)CCCCCN(CCCCCC(=O)OC(CCCCCCC)CCCCCCC)C(=O)SCCN(C)C.CCCCCC/C=C\COC(=O)CCCN(CCCC(=O)OC(CCCCCCC)CCCCCCCC)C(=O)SCCCN(CC)CC.CCCCCC/C=C\COC(=O)CCCN(CCCC(=O)OC(CCCCCCCC)CCCCCCCC)C(=O)SCCN(C)C. The molecule has 0 aliphatic rings. The van der Waals surface area contributed by atoms with Gasteiger partial charge in [0.15, 0.2) is 0 Å². The third-order valence-electron chi connectivity index (χ3n) is 26.5. The van der Waals surface area contributed by atoms with E-state index in [1.165, 1.54) is 286 Å². The Labute approximate surface area is 906 Å². The Balaban J connectivity index is -0.00000209. The number of allylic oxidation sites excluding steroid dienone is 3. The normalized spacial score (nSPS) is 11.8. The lowest BCUT2D eigenvalue weighted by atomic mass is 10.0. The molecule has 0 saturated carbocycles. The van der Waals surface area contributed by atoms with Crippen molar-refractivity contribution in [3.05, 3.63) is 36.5 Å². The lowest BCUT2D eigenvalue weighted by Gasteiger charge is -2.23. The van der Waals surface area contributed by atoms with Crippen molar-refractivity contribution in [3.8, 4) is 0 Å². The van der Waals surface area contributed by atoms with Gasteiger partial charge in [0.1, 0.15) is 38.1 Å². The second kappa shape index (κ2) is 115. The summed E-state index contributed by atoms with van der Waals surface area (Å²) in [6, 6.07) is 0. The largest absolute Gasteiger partial charge is 0.462 e. The smallest absolute Gasteiger partial charge is 0.306 e. The summed E-state index contributed by atoms with van der Waals surface area (Å²) >= 11 is 4.04. The van der Waals surface area contributed by atoms with Crippen LogP contribution in [0.3, 0.4) is 0 Å². The van der Waals surface area contributed by atoms with E-state index >= 15 is 0 Å². The van der Waals surface area contributed by atoms with Crippen LogP contribution in [0.5, 0.6) is 0 Å². The highest BCUT2D eigenvalue weighted by Gasteiger charge is 2.24. The Kier molecular flexibility index (Phi) is 115. The van der Waals surface area contributed by atoms with Gasteiger partial charge in [-0.15, -0.1) is 0 Å². The van der Waals surface area contributed by atoms with Crippen LogP contribution in [0, 0.1) is 0 Å². The van der Waals surface area contributed by atoms with E-state index in [0.29, 0.717) is 116 Å². The maximum absolute atomic E-state index is 13.2. The van der Waals surface area contributed by atoms with Gasteiger partial charge >= 0.3 is 35.8 Å². The van der Waals surface area contributed by atoms with Crippen LogP contribution in [0.2, 0.25) is 0 Å². The molecule has 1 unspecified atom stereocenters. The summed E-state index contributed by atoms with van der Waals surface area (Å²) in [6.07, 6.45) is 86.8. The Hall–Kier alpha value is -4.62. The fourth-order valence-electron chi connectivity index (χ4n) is 17.1. The number of ether oxygens (including phenoxy) is 6. The minimum Gasteiger partial charge on any atom is -0.462 e. The van der Waals surface area contributed by atoms with Gasteiger partial charge in [-0.25, -0.2) is 0 Å². The summed E-state index contributed by atoms with van der Waals surface area (Å²) < 4.78 is 34.1. The van der Waals surface area contributed by atoms with Crippen molar-refractivity contribution >= 4 is 86.8 Å². The summed E-state index contributed by atoms with van der Waals surface area (Å²) in [5, 5.41) is 0.159. The van der Waals surface area contributed by atoms with Gasteiger partial charge in [0.25, 0.3) is 15.7 Å². The molecule has 0 aliphatic carbocycles. The predicted octanol–water partition coefficient (Wildman–Crippen LogP) is 33.8. The molecule has 0 radical (unpaired) electrons. The van der Waals surface area contributed by atoms with Crippen LogP contribution in [0.25, 0.3) is 0 Å². The average Bonchev–Trinajstić information content (AvgIpc) is 0.926. The lowest BCUT2D eigenvalue weighted by Crippen LogP contribution is -2.31. The van der Waals surface area contributed by atoms with E-state index < -0.39 is 0 Å². The zero-order valence-corrected chi connectivity index (χ0v) is 99.4. The Morgan fingerprint density at radius 1 is 0.214 bits per heavy atom. The topological polar surface area (TPSA) is 228 Å². The minimum absolute atomic E-state index is 0.00101. The van der Waals surface area contributed by atoms with Crippen molar-refractivity contribution in [1.82, 2.24) is 29.4 Å². The molecule has 24 heteroatoms. The molecule has 0 aromatic heterocycles. The molecule has 0 saturated heterocycles. The van der Waals surface area contributed by atoms with Crippen molar-refractivity contribution < 1.29 is 71.6 Å². The van der Waals surface area contributed by atoms with E-state index in [-0.39, 0.29) is 82.7 Å². The molecular formula is C121H230N6O15S3. The second-order valence-electron chi connectivity index (χ2n) is 41.0. The van der Waals surface area contributed by atoms with Gasteiger partial charge in [0, 0.05) is 108 Å². The molecule has 0 spiro atoms. The van der Waals surface area contributed by atoms with Crippen LogP contribution in [-0.4, -0.2) is 237 Å². The molecule has 0 aromatic carbocycles. The minimum atomic E-state index is -0.237. The second-order valence-corrected chi connectivity index (χ2v) is 44.1. The summed E-state index contributed by atoms with van der Waals surface area (Å²) in [7, 11) is 8.03. The molecule has 3 amide bonds. The average molecular weight is 2110 g/mol. The van der Waals surface area contributed by atoms with Crippen LogP contribution in [0.1, 0.15) is 532 Å². The van der Waals surface area contributed by atoms with Crippen LogP contribution in [0.15, 0.2) is 36.5 Å². The first-order valence-electron chi connectivity index (χ1n) is 60.4. The van der Waals surface area contributed by atoms with Crippen molar-refractivity contribution in [3.63, 3.8) is 0 Å². The number of carbonyl (C=O) groups excluding carboxylic acids is 9. The van der Waals surface area contributed by atoms with E-state index in [1.807, 2.05) is 56.2 Å². The molecule has 1 atom stereocenters. The van der Waals surface area contributed by atoms with Crippen LogP contribution in [-0.2, 0) is 57.2 Å². The first-order valence-corrected chi connectivity index (χ1v) is 63.3. The summed E-state index contributed by atoms with van der Waals surface area (Å²) in [4.78, 5) is 127. The van der Waals surface area contributed by atoms with Crippen molar-refractivity contribution in [1.29, 1.82) is 0 Å². The first-order chi connectivity index (χ1) is 70.6. The maximum Gasteiger partial charge on any atom is 0.306 e. The third-order valence-corrected chi connectivity index (χ3v) is 29.3. The standard InChI is InChI=1S/2C41H78N2O5S.C39H74N2O5S/c1-6-9-12-15-16-19-28-36-47-39(44)31-24-20-26-33-43(41(46)49-37-35-42(4)5)34-27-21-25-32-40(45)48-38(29-22-17-13-10-7-2)30-23-18-14-11-8-3;1-6-11-14-17-19-22-25-36-47-39(44)31-26-34-43(41(46)49-37-28-33-42(9-4)10-5)35-27-32-40(45)48-38(29-23-20-16-13-8-3)30-24-21-18-15-12-7-2;1-6-9-12-15-18-21-24-34-45-37(42)29-25-31-41(39(44)47-35-33-40(4)5)32-26-30-38(43)46-36(27-22-19-16-13-10-7-2)28-23-20-17-14-11-8-3/h19,28,38H,6-18,20-27,29-37H2,1-5H3;22,25,38H,6-21,23-24,26-37H2,1-5H3;21,24,36H,6-20,22-23,25-35H2,1-5H3/b28-19-;25-22-;24-21-. The van der Waals surface area contributed by atoms with Gasteiger partial charge in [-0.1, -0.05) is 392 Å². The number of nitrogens with zero attached hydrogens (tertiary/aromatic N) is 6. The van der Waals surface area contributed by atoms with E-state index in [0.717, 1.165) is 185 Å². The fraction of sp³-hybridized carbons (Fsp3) is 0.876. The lowest BCUT2D eigenvalue weighted by molar-refractivity contribution is -0.151. The number of carbonyl (C=O) groups is 9. The van der Waals surface area contributed by atoms with Gasteiger partial charge in [0.05, 0.1) is 0 Å². The number of hydrogen-bond donors (Lipinski definition) is 0. The zero-order valence-electron chi connectivity index (χ0n) is 97.0. The highest BCUT2D eigenvalue weighted by molar-refractivity contribution is 8.14. The van der Waals surface area contributed by atoms with E-state index in [9.17, 15) is 43.2 Å². The summed E-state index contributed by atoms with van der Waals surface area (Å²) in [5.74, 6) is 1.26. The number of rotatable bonds is 103. The van der Waals surface area contributed by atoms with Gasteiger partial charge in [-0.2, -0.15) is 0 Å². The number of thioether (sulfide) groups is 3. The highest BCUT2D eigenvalue weighted by atomic mass is 32.2. The van der Waals surface area contributed by atoms with E-state index in [4.69, 9.17) is 28.4 Å². The van der Waals surface area contributed by atoms with Gasteiger partial charge in [-0.05, 0) is 221 Å². The molecule has 21 nitrogen and oxygen atoms in total. The predicted molar refractivity (Wildman–Crippen MR) is 622 cm³/mol. The molecule has 0 heterocycles. The van der Waals surface area contributed by atoms with E-state index in [1.54, 1.807) is 4.90 Å². The number of esters is 6. The fourth-order valence-corrected chi connectivity index (χ4v) is 19.9. The summed E-state index contributed by atoms with van der Waals surface area (Å²) in [5.41, 5.74) is 0. The Morgan fingerprint density at radius 2 is 0.428 bits per heavy atom. The van der Waals surface area contributed by atoms with Crippen LogP contribution >= 0.6 is 35.3 Å². The molecule has 0 aliphatic heterocycles. The quantitative estimate of drug-likeness (QED) is 0.0238. The molecule has 0 N–H and O–H groups in total. The van der Waals surface area contributed by atoms with Crippen LogP contribution < -0.4 is 0 Å². The van der Waals surface area contributed by atoms with Gasteiger partial charge in [0.2, 0.25) is 0 Å². The van der Waals surface area contributed by atoms with Crippen molar-refractivity contribution in [2.45, 2.75) is 550 Å². The van der Waals surface area contributed by atoms with Crippen LogP contribution in [0.4, 0.5) is 14.4 Å². The monoisotopic (exact) mass is 2100 g/mol. The molecule has 0 fully saturated rings. The zero-order chi connectivity index (χ0) is 107. The molecular weight excluding hydrogens is 1870 g/mol. The molecule has 0 aromatic rings. The number of unbranched alkanes of at least 4 members (excludes halogenated alkanes) is 43. The number of hydrogen-bond acceptors (Lipinski definition) is 21. The van der Waals surface area contributed by atoms with Crippen molar-refractivity contribution in [2.75, 3.05) is 137 Å².